The standard InChI is InChI=1S/2C28H39O2PSi.Fe/c2*1-11-22-12-13-25(28(22)32(8,9)10)31(23-14-18(2)26(29-6)19(3)15-23)24-16-20(4)27(30-7)21(5)17-24;/h2*12-17,28H,11H2,1-10H3;/q;;+2. The van der Waals surface area contributed by atoms with Gasteiger partial charge in [0.1, 0.15) is 23.0 Å². The maximum atomic E-state index is 5.69. The third-order valence-corrected chi connectivity index (χ3v) is 23.2. The van der Waals surface area contributed by atoms with Crippen molar-refractivity contribution < 1.29 is 36.0 Å². The van der Waals surface area contributed by atoms with Gasteiger partial charge in [-0.1, -0.05) is 88.6 Å². The van der Waals surface area contributed by atoms with Crippen LogP contribution in [0.25, 0.3) is 0 Å². The van der Waals surface area contributed by atoms with Crippen molar-refractivity contribution in [3.63, 3.8) is 0 Å². The van der Waals surface area contributed by atoms with Crippen LogP contribution in [0.4, 0.5) is 0 Å². The molecule has 350 valence electrons. The number of rotatable bonds is 14. The molecule has 0 saturated carbocycles. The Morgan fingerprint density at radius 2 is 0.585 bits per heavy atom. The van der Waals surface area contributed by atoms with Crippen molar-refractivity contribution in [1.82, 2.24) is 0 Å². The Balaban J connectivity index is 0.000000280. The van der Waals surface area contributed by atoms with Crippen LogP contribution >= 0.6 is 15.8 Å². The maximum Gasteiger partial charge on any atom is 2.00 e. The molecule has 0 bridgehead atoms. The Labute approximate surface area is 409 Å². The van der Waals surface area contributed by atoms with Gasteiger partial charge in [0.25, 0.3) is 0 Å². The van der Waals surface area contributed by atoms with Gasteiger partial charge in [-0.3, -0.25) is 0 Å². The number of benzene rings is 4. The SMILES string of the molecule is CCC1=CC=C(P(c2cc(C)c(OC)c(C)c2)c2cc(C)c(OC)c(C)c2)C1[Si](C)(C)C.CCC1=CC=C(P(c2cc(C)c(OC)c(C)c2)c2cc(C)c(OC)c(C)c2)C1[Si](C)(C)C.[Fe+2]. The average molecular weight is 989 g/mol. The van der Waals surface area contributed by atoms with Crippen LogP contribution in [0.3, 0.4) is 0 Å². The van der Waals surface area contributed by atoms with Crippen LogP contribution in [-0.2, 0) is 17.1 Å². The molecule has 2 aliphatic rings. The fourth-order valence-corrected chi connectivity index (χ4v) is 24.2. The Bertz CT molecular complexity index is 2120. The molecule has 4 aromatic rings. The van der Waals surface area contributed by atoms with Crippen molar-refractivity contribution in [3.05, 3.63) is 139 Å². The number of methoxy groups -OCH3 is 4. The molecule has 0 saturated heterocycles. The van der Waals surface area contributed by atoms with Crippen LogP contribution in [0.1, 0.15) is 71.2 Å². The number of aryl methyl sites for hydroxylation is 8. The fourth-order valence-electron chi connectivity index (χ4n) is 10.6. The molecule has 6 rings (SSSR count). The summed E-state index contributed by atoms with van der Waals surface area (Å²) >= 11 is 0. The molecule has 0 fully saturated rings. The summed E-state index contributed by atoms with van der Waals surface area (Å²) in [5.74, 6) is 4.00. The molecular weight excluding hydrogens is 911 g/mol. The van der Waals surface area contributed by atoms with Gasteiger partial charge in [0, 0.05) is 11.1 Å². The molecule has 0 radical (unpaired) electrons. The summed E-state index contributed by atoms with van der Waals surface area (Å²) in [5, 5.41) is 8.90. The quantitative estimate of drug-likeness (QED) is 0.0932. The summed E-state index contributed by atoms with van der Waals surface area (Å²) in [7, 11) is 2.85. The van der Waals surface area contributed by atoms with E-state index in [0.717, 1.165) is 35.8 Å². The van der Waals surface area contributed by atoms with E-state index in [-0.39, 0.29) is 17.1 Å². The van der Waals surface area contributed by atoms with Crippen molar-refractivity contribution in [1.29, 1.82) is 0 Å². The van der Waals surface area contributed by atoms with E-state index in [0.29, 0.717) is 11.1 Å². The van der Waals surface area contributed by atoms with Gasteiger partial charge in [0.15, 0.2) is 0 Å². The third kappa shape index (κ3) is 11.6. The van der Waals surface area contributed by atoms with Gasteiger partial charge in [-0.15, -0.1) is 0 Å². The Morgan fingerprint density at radius 1 is 0.385 bits per heavy atom. The molecular formula is C56H78FeO4P2Si2+2. The summed E-state index contributed by atoms with van der Waals surface area (Å²) in [5.41, 5.74) is 14.1. The first-order valence-corrected chi connectivity index (χ1v) is 32.9. The first-order chi connectivity index (χ1) is 30.1. The van der Waals surface area contributed by atoms with E-state index in [2.05, 4.69) is 181 Å². The summed E-state index contributed by atoms with van der Waals surface area (Å²) < 4.78 is 22.8. The summed E-state index contributed by atoms with van der Waals surface area (Å²) in [6, 6.07) is 18.9. The zero-order valence-electron chi connectivity index (χ0n) is 43.4. The third-order valence-electron chi connectivity index (χ3n) is 13.0. The van der Waals surface area contributed by atoms with E-state index < -0.39 is 32.0 Å². The van der Waals surface area contributed by atoms with Crippen LogP contribution in [0.15, 0.2) is 94.6 Å². The molecule has 4 aromatic carbocycles. The first kappa shape index (κ1) is 54.5. The van der Waals surface area contributed by atoms with Crippen LogP contribution < -0.4 is 40.2 Å². The van der Waals surface area contributed by atoms with Crippen LogP contribution in [-0.4, -0.2) is 44.6 Å². The Morgan fingerprint density at radius 3 is 0.738 bits per heavy atom. The molecule has 2 atom stereocenters. The zero-order valence-corrected chi connectivity index (χ0v) is 48.3. The minimum absolute atomic E-state index is 0. The smallest absolute Gasteiger partial charge is 0.496 e. The number of hydrogen-bond acceptors (Lipinski definition) is 4. The van der Waals surface area contributed by atoms with Gasteiger partial charge in [0.2, 0.25) is 0 Å². The molecule has 2 unspecified atom stereocenters. The monoisotopic (exact) mass is 988 g/mol. The summed E-state index contributed by atoms with van der Waals surface area (Å²) in [4.78, 5) is 0. The second-order valence-electron chi connectivity index (χ2n) is 20.1. The largest absolute Gasteiger partial charge is 2.00 e. The molecule has 0 amide bonds. The minimum Gasteiger partial charge on any atom is -0.496 e. The molecule has 4 nitrogen and oxygen atoms in total. The summed E-state index contributed by atoms with van der Waals surface area (Å²) in [6.45, 7) is 37.1. The molecule has 9 heteroatoms. The molecule has 0 N–H and O–H groups in total. The molecule has 65 heavy (non-hydrogen) atoms. The van der Waals surface area contributed by atoms with Gasteiger partial charge < -0.3 is 18.9 Å². The Kier molecular flexibility index (Phi) is 18.7. The predicted molar refractivity (Wildman–Crippen MR) is 289 cm³/mol. The van der Waals surface area contributed by atoms with Crippen molar-refractivity contribution in [2.75, 3.05) is 28.4 Å². The van der Waals surface area contributed by atoms with E-state index >= 15 is 0 Å². The van der Waals surface area contributed by atoms with Crippen LogP contribution in [0, 0.1) is 55.4 Å². The second kappa shape index (κ2) is 22.3. The molecule has 0 heterocycles. The molecule has 0 spiro atoms. The molecule has 0 aromatic heterocycles. The van der Waals surface area contributed by atoms with E-state index in [9.17, 15) is 0 Å². The fraction of sp³-hybridized carbons (Fsp3) is 0.429. The van der Waals surface area contributed by atoms with Crippen LogP contribution in [0.5, 0.6) is 23.0 Å². The van der Waals surface area contributed by atoms with E-state index in [1.165, 1.54) is 65.7 Å². The van der Waals surface area contributed by atoms with E-state index in [4.69, 9.17) is 18.9 Å². The predicted octanol–water partition coefficient (Wildman–Crippen LogP) is 14.6. The molecule has 0 aliphatic heterocycles. The van der Waals surface area contributed by atoms with Crippen molar-refractivity contribution in [3.8, 4) is 23.0 Å². The van der Waals surface area contributed by atoms with Crippen molar-refractivity contribution in [2.24, 2.45) is 0 Å². The van der Waals surface area contributed by atoms with Gasteiger partial charge in [0.05, 0.1) is 44.6 Å². The van der Waals surface area contributed by atoms with Gasteiger partial charge in [-0.05, 0) is 209 Å². The topological polar surface area (TPSA) is 36.9 Å². The van der Waals surface area contributed by atoms with Gasteiger partial charge >= 0.3 is 17.1 Å². The normalized spacial score (nSPS) is 16.0. The maximum absolute atomic E-state index is 5.69. The van der Waals surface area contributed by atoms with Gasteiger partial charge in [-0.25, -0.2) is 0 Å². The first-order valence-electron chi connectivity index (χ1n) is 23.1. The minimum atomic E-state index is -1.46. The van der Waals surface area contributed by atoms with Gasteiger partial charge in [-0.2, -0.15) is 0 Å². The molecule has 2 aliphatic carbocycles. The number of hydrogen-bond donors (Lipinski definition) is 0. The van der Waals surface area contributed by atoms with E-state index in [1.807, 2.05) is 0 Å². The number of allylic oxidation sites excluding steroid dienone is 8. The van der Waals surface area contributed by atoms with Crippen molar-refractivity contribution in [2.45, 2.75) is 132 Å². The number of ether oxygens (including phenoxy) is 4. The van der Waals surface area contributed by atoms with Crippen molar-refractivity contribution >= 4 is 53.2 Å². The zero-order chi connectivity index (χ0) is 47.6. The van der Waals surface area contributed by atoms with Crippen LogP contribution in [0.2, 0.25) is 50.4 Å². The Hall–Kier alpha value is -3.15. The second-order valence-corrected chi connectivity index (χ2v) is 35.2. The van der Waals surface area contributed by atoms with E-state index in [1.54, 1.807) is 50.2 Å². The average Bonchev–Trinajstić information content (AvgIpc) is 3.83. The summed E-state index contributed by atoms with van der Waals surface area (Å²) in [6.07, 6.45) is 12.0.